The van der Waals surface area contributed by atoms with E-state index in [1.54, 1.807) is 0 Å². The van der Waals surface area contributed by atoms with Crippen LogP contribution in [0.25, 0.3) is 0 Å². The number of ether oxygens (including phenoxy) is 1. The molecule has 0 aliphatic carbocycles. The normalized spacial score (nSPS) is 15.5. The van der Waals surface area contributed by atoms with E-state index in [-0.39, 0.29) is 24.0 Å². The number of rotatable bonds is 7. The van der Waals surface area contributed by atoms with Crippen LogP contribution in [0.15, 0.2) is 17.1 Å². The molecule has 0 radical (unpaired) electrons. The largest absolute Gasteiger partial charge is 0.379 e. The van der Waals surface area contributed by atoms with E-state index in [0.29, 0.717) is 0 Å². The Morgan fingerprint density at radius 1 is 1.12 bits per heavy atom. The van der Waals surface area contributed by atoms with Gasteiger partial charge in [0.15, 0.2) is 5.96 Å². The maximum atomic E-state index is 5.39. The van der Waals surface area contributed by atoms with Gasteiger partial charge < -0.3 is 15.4 Å². The summed E-state index contributed by atoms with van der Waals surface area (Å²) < 4.78 is 5.39. The Kier molecular flexibility index (Phi) is 11.2. The summed E-state index contributed by atoms with van der Waals surface area (Å²) in [6.07, 6.45) is 1.02. The second-order valence-corrected chi connectivity index (χ2v) is 6.77. The molecule has 5 nitrogen and oxygen atoms in total. The Morgan fingerprint density at radius 3 is 2.38 bits per heavy atom. The van der Waals surface area contributed by atoms with Crippen molar-refractivity contribution in [2.75, 3.05) is 52.5 Å². The summed E-state index contributed by atoms with van der Waals surface area (Å²) in [5.41, 5.74) is 5.55. The SMILES string of the molecule is CCNC(=NCCN1CCOCC1)NCCc1c(C)cc(C)cc1C.I. The number of hydrogen-bond acceptors (Lipinski definition) is 3. The third-order valence-corrected chi connectivity index (χ3v) is 4.64. The van der Waals surface area contributed by atoms with E-state index in [0.717, 1.165) is 64.9 Å². The van der Waals surface area contributed by atoms with Crippen LogP contribution in [-0.2, 0) is 11.2 Å². The van der Waals surface area contributed by atoms with E-state index in [1.807, 2.05) is 0 Å². The first-order valence-corrected chi connectivity index (χ1v) is 9.49. The fourth-order valence-corrected chi connectivity index (χ4v) is 3.38. The maximum Gasteiger partial charge on any atom is 0.191 e. The van der Waals surface area contributed by atoms with Crippen LogP contribution < -0.4 is 10.6 Å². The predicted molar refractivity (Wildman–Crippen MR) is 121 cm³/mol. The maximum absolute atomic E-state index is 5.39. The average Bonchev–Trinajstić information content (AvgIpc) is 2.58. The molecule has 1 aromatic carbocycles. The highest BCUT2D eigenvalue weighted by Crippen LogP contribution is 2.16. The number of nitrogens with one attached hydrogen (secondary N) is 2. The molecular formula is C20H35IN4O. The molecule has 0 spiro atoms. The number of aliphatic imine (C=N–C) groups is 1. The van der Waals surface area contributed by atoms with Crippen LogP contribution in [0.2, 0.25) is 0 Å². The predicted octanol–water partition coefficient (Wildman–Crippen LogP) is 2.66. The zero-order chi connectivity index (χ0) is 18.1. The topological polar surface area (TPSA) is 48.9 Å². The fraction of sp³-hybridized carbons (Fsp3) is 0.650. The van der Waals surface area contributed by atoms with E-state index in [9.17, 15) is 0 Å². The summed E-state index contributed by atoms with van der Waals surface area (Å²) in [6, 6.07) is 4.54. The van der Waals surface area contributed by atoms with Gasteiger partial charge in [-0.05, 0) is 50.8 Å². The number of morpholine rings is 1. The molecule has 26 heavy (non-hydrogen) atoms. The minimum atomic E-state index is 0. The van der Waals surface area contributed by atoms with Gasteiger partial charge in [0.1, 0.15) is 0 Å². The molecule has 0 bridgehead atoms. The first-order chi connectivity index (χ1) is 12.1. The van der Waals surface area contributed by atoms with Crippen LogP contribution in [0, 0.1) is 20.8 Å². The van der Waals surface area contributed by atoms with Crippen LogP contribution in [0.5, 0.6) is 0 Å². The van der Waals surface area contributed by atoms with Crippen molar-refractivity contribution < 1.29 is 4.74 Å². The van der Waals surface area contributed by atoms with E-state index in [2.05, 4.69) is 55.4 Å². The summed E-state index contributed by atoms with van der Waals surface area (Å²) >= 11 is 0. The summed E-state index contributed by atoms with van der Waals surface area (Å²) in [4.78, 5) is 7.12. The van der Waals surface area contributed by atoms with Gasteiger partial charge in [0.25, 0.3) is 0 Å². The monoisotopic (exact) mass is 474 g/mol. The van der Waals surface area contributed by atoms with Gasteiger partial charge >= 0.3 is 0 Å². The molecule has 0 aromatic heterocycles. The van der Waals surface area contributed by atoms with Gasteiger partial charge in [0.2, 0.25) is 0 Å². The molecule has 1 aliphatic heterocycles. The van der Waals surface area contributed by atoms with Gasteiger partial charge in [-0.2, -0.15) is 0 Å². The van der Waals surface area contributed by atoms with E-state index in [1.165, 1.54) is 22.3 Å². The number of hydrogen-bond donors (Lipinski definition) is 2. The van der Waals surface area contributed by atoms with E-state index >= 15 is 0 Å². The quantitative estimate of drug-likeness (QED) is 0.363. The molecule has 6 heteroatoms. The summed E-state index contributed by atoms with van der Waals surface area (Å²) in [5, 5.41) is 6.81. The van der Waals surface area contributed by atoms with Crippen LogP contribution in [0.4, 0.5) is 0 Å². The molecule has 1 fully saturated rings. The molecular weight excluding hydrogens is 439 g/mol. The molecule has 148 valence electrons. The molecule has 2 rings (SSSR count). The Bertz CT molecular complexity index is 548. The lowest BCUT2D eigenvalue weighted by Gasteiger charge is -2.25. The average molecular weight is 474 g/mol. The fourth-order valence-electron chi connectivity index (χ4n) is 3.38. The van der Waals surface area contributed by atoms with Crippen molar-refractivity contribution in [3.63, 3.8) is 0 Å². The molecule has 1 aliphatic rings. The third-order valence-electron chi connectivity index (χ3n) is 4.64. The third kappa shape index (κ3) is 7.80. The molecule has 2 N–H and O–H groups in total. The van der Waals surface area contributed by atoms with Crippen molar-refractivity contribution in [2.45, 2.75) is 34.1 Å². The van der Waals surface area contributed by atoms with Crippen molar-refractivity contribution in [1.82, 2.24) is 15.5 Å². The number of guanidine groups is 1. The second kappa shape index (κ2) is 12.5. The first kappa shape index (κ1) is 23.2. The van der Waals surface area contributed by atoms with Gasteiger partial charge in [-0.15, -0.1) is 24.0 Å². The molecule has 0 saturated carbocycles. The zero-order valence-corrected chi connectivity index (χ0v) is 19.1. The Balaban J connectivity index is 0.00000338. The van der Waals surface area contributed by atoms with Gasteiger partial charge in [0.05, 0.1) is 19.8 Å². The Labute approximate surface area is 176 Å². The van der Waals surface area contributed by atoms with Crippen molar-refractivity contribution in [3.8, 4) is 0 Å². The van der Waals surface area contributed by atoms with Crippen molar-refractivity contribution in [2.24, 2.45) is 4.99 Å². The summed E-state index contributed by atoms with van der Waals surface area (Å²) in [6.45, 7) is 16.0. The first-order valence-electron chi connectivity index (χ1n) is 9.49. The molecule has 1 heterocycles. The minimum absolute atomic E-state index is 0. The van der Waals surface area contributed by atoms with E-state index < -0.39 is 0 Å². The van der Waals surface area contributed by atoms with Gasteiger partial charge in [-0.1, -0.05) is 17.7 Å². The lowest BCUT2D eigenvalue weighted by Crippen LogP contribution is -2.40. The van der Waals surface area contributed by atoms with Crippen molar-refractivity contribution in [3.05, 3.63) is 34.4 Å². The van der Waals surface area contributed by atoms with Crippen molar-refractivity contribution in [1.29, 1.82) is 0 Å². The molecule has 1 saturated heterocycles. The Hall–Kier alpha value is -0.860. The molecule has 1 aromatic rings. The lowest BCUT2D eigenvalue weighted by molar-refractivity contribution is 0.0394. The summed E-state index contributed by atoms with van der Waals surface area (Å²) in [5.74, 6) is 0.915. The highest BCUT2D eigenvalue weighted by atomic mass is 127. The van der Waals surface area contributed by atoms with E-state index in [4.69, 9.17) is 9.73 Å². The van der Waals surface area contributed by atoms with Crippen LogP contribution in [0.3, 0.4) is 0 Å². The lowest BCUT2D eigenvalue weighted by atomic mass is 9.97. The highest BCUT2D eigenvalue weighted by molar-refractivity contribution is 14.0. The smallest absolute Gasteiger partial charge is 0.191 e. The highest BCUT2D eigenvalue weighted by Gasteiger charge is 2.09. The van der Waals surface area contributed by atoms with Crippen molar-refractivity contribution >= 4 is 29.9 Å². The Morgan fingerprint density at radius 2 is 1.77 bits per heavy atom. The van der Waals surface area contributed by atoms with Crippen LogP contribution >= 0.6 is 24.0 Å². The van der Waals surface area contributed by atoms with Crippen LogP contribution in [-0.4, -0.2) is 63.3 Å². The van der Waals surface area contributed by atoms with Gasteiger partial charge in [-0.3, -0.25) is 9.89 Å². The standard InChI is InChI=1S/C20H34N4O.HI/c1-5-21-20(23-8-9-24-10-12-25-13-11-24)22-7-6-19-17(3)14-16(2)15-18(19)4;/h14-15H,5-13H2,1-4H3,(H2,21,22,23);1H. The number of halogens is 1. The van der Waals surface area contributed by atoms with Gasteiger partial charge in [0, 0.05) is 32.7 Å². The number of benzene rings is 1. The molecule has 0 atom stereocenters. The number of nitrogens with zero attached hydrogens (tertiary/aromatic N) is 2. The number of aryl methyl sites for hydroxylation is 3. The minimum Gasteiger partial charge on any atom is -0.379 e. The molecule has 0 unspecified atom stereocenters. The summed E-state index contributed by atoms with van der Waals surface area (Å²) in [7, 11) is 0. The zero-order valence-electron chi connectivity index (χ0n) is 16.7. The van der Waals surface area contributed by atoms with Crippen LogP contribution in [0.1, 0.15) is 29.2 Å². The second-order valence-electron chi connectivity index (χ2n) is 6.77. The van der Waals surface area contributed by atoms with Gasteiger partial charge in [-0.25, -0.2) is 0 Å². The molecule has 0 amide bonds.